The number of hydrogen-bond donors (Lipinski definition) is 1. The van der Waals surface area contributed by atoms with Crippen molar-refractivity contribution in [3.8, 4) is 17.2 Å². The Bertz CT molecular complexity index is 1130. The van der Waals surface area contributed by atoms with Gasteiger partial charge < -0.3 is 24.2 Å². The predicted octanol–water partition coefficient (Wildman–Crippen LogP) is 3.76. The number of rotatable bonds is 3. The average Bonchev–Trinajstić information content (AvgIpc) is 3.08. The standard InChI is InChI=1S/C23H25N3O4/c1-12-5-15-6-21-22(30-14(3)29-21)7-16(15)10-26(12)23-18-9-20(28-4)17(13(2)27)8-19(18)24-11-25-23/h6-9,11-14,27H,5,10H2,1-4H3. The Morgan fingerprint density at radius 3 is 2.53 bits per heavy atom. The average molecular weight is 407 g/mol. The number of benzene rings is 2. The maximum atomic E-state index is 10.1. The van der Waals surface area contributed by atoms with E-state index in [2.05, 4.69) is 33.9 Å². The van der Waals surface area contributed by atoms with Crippen LogP contribution in [0.25, 0.3) is 10.9 Å². The van der Waals surface area contributed by atoms with E-state index in [1.54, 1.807) is 20.4 Å². The van der Waals surface area contributed by atoms with E-state index in [-0.39, 0.29) is 12.3 Å². The van der Waals surface area contributed by atoms with Crippen LogP contribution < -0.4 is 19.1 Å². The summed E-state index contributed by atoms with van der Waals surface area (Å²) in [7, 11) is 1.61. The molecule has 3 unspecified atom stereocenters. The molecule has 0 amide bonds. The molecule has 30 heavy (non-hydrogen) atoms. The topological polar surface area (TPSA) is 76.9 Å². The number of fused-ring (bicyclic) bond motifs is 3. The number of nitrogens with zero attached hydrogens (tertiary/aromatic N) is 3. The molecule has 0 aliphatic carbocycles. The molecule has 1 N–H and O–H groups in total. The van der Waals surface area contributed by atoms with Crippen molar-refractivity contribution < 1.29 is 19.3 Å². The van der Waals surface area contributed by atoms with Gasteiger partial charge in [0.05, 0.1) is 18.7 Å². The van der Waals surface area contributed by atoms with Gasteiger partial charge >= 0.3 is 0 Å². The smallest absolute Gasteiger partial charge is 0.238 e. The molecule has 3 aromatic rings. The van der Waals surface area contributed by atoms with Gasteiger partial charge in [0.1, 0.15) is 17.9 Å². The van der Waals surface area contributed by atoms with Crippen LogP contribution in [0.1, 0.15) is 43.6 Å². The van der Waals surface area contributed by atoms with Crippen LogP contribution in [0.15, 0.2) is 30.6 Å². The van der Waals surface area contributed by atoms with Gasteiger partial charge in [-0.3, -0.25) is 0 Å². The number of anilines is 1. The first-order valence-corrected chi connectivity index (χ1v) is 10.2. The molecule has 0 bridgehead atoms. The molecule has 0 spiro atoms. The first kappa shape index (κ1) is 18.9. The van der Waals surface area contributed by atoms with Crippen molar-refractivity contribution in [1.82, 2.24) is 9.97 Å². The van der Waals surface area contributed by atoms with Gasteiger partial charge in [-0.25, -0.2) is 9.97 Å². The van der Waals surface area contributed by atoms with Gasteiger partial charge in [0.15, 0.2) is 11.5 Å². The van der Waals surface area contributed by atoms with Gasteiger partial charge in [-0.1, -0.05) is 0 Å². The summed E-state index contributed by atoms with van der Waals surface area (Å²) in [4.78, 5) is 11.4. The molecule has 5 rings (SSSR count). The summed E-state index contributed by atoms with van der Waals surface area (Å²) in [6, 6.07) is 8.25. The van der Waals surface area contributed by atoms with E-state index in [0.717, 1.165) is 34.6 Å². The second-order valence-corrected chi connectivity index (χ2v) is 8.04. The minimum Gasteiger partial charge on any atom is -0.496 e. The van der Waals surface area contributed by atoms with Gasteiger partial charge in [0, 0.05) is 30.5 Å². The third kappa shape index (κ3) is 3.01. The van der Waals surface area contributed by atoms with Crippen molar-refractivity contribution >= 4 is 16.7 Å². The van der Waals surface area contributed by atoms with E-state index >= 15 is 0 Å². The highest BCUT2D eigenvalue weighted by Crippen LogP contribution is 2.41. The van der Waals surface area contributed by atoms with Gasteiger partial charge in [-0.05, 0) is 55.7 Å². The van der Waals surface area contributed by atoms with E-state index < -0.39 is 6.10 Å². The summed E-state index contributed by atoms with van der Waals surface area (Å²) >= 11 is 0. The van der Waals surface area contributed by atoms with E-state index in [9.17, 15) is 5.11 Å². The van der Waals surface area contributed by atoms with Crippen LogP contribution in [-0.4, -0.2) is 34.5 Å². The summed E-state index contributed by atoms with van der Waals surface area (Å²) in [5.74, 6) is 3.12. The molecule has 0 radical (unpaired) electrons. The first-order chi connectivity index (χ1) is 14.4. The second-order valence-electron chi connectivity index (χ2n) is 8.04. The lowest BCUT2D eigenvalue weighted by Gasteiger charge is -2.36. The molecule has 1 aromatic heterocycles. The normalized spacial score (nSPS) is 20.9. The zero-order valence-corrected chi connectivity index (χ0v) is 17.5. The van der Waals surface area contributed by atoms with Crippen LogP contribution in [-0.2, 0) is 13.0 Å². The van der Waals surface area contributed by atoms with Crippen molar-refractivity contribution in [2.75, 3.05) is 12.0 Å². The zero-order chi connectivity index (χ0) is 21.0. The number of aliphatic hydroxyl groups is 1. The van der Waals surface area contributed by atoms with Gasteiger partial charge in [0.25, 0.3) is 0 Å². The SMILES string of the molecule is COc1cc2c(N3Cc4cc5c(cc4CC3C)OC(C)O5)ncnc2cc1C(C)O. The summed E-state index contributed by atoms with van der Waals surface area (Å²) in [6.45, 7) is 6.54. The van der Waals surface area contributed by atoms with Crippen LogP contribution in [0.4, 0.5) is 5.82 Å². The lowest BCUT2D eigenvalue weighted by Crippen LogP contribution is -2.39. The largest absolute Gasteiger partial charge is 0.496 e. The number of aliphatic hydroxyl groups excluding tert-OH is 1. The molecule has 2 aliphatic rings. The van der Waals surface area contributed by atoms with Crippen LogP contribution in [0.2, 0.25) is 0 Å². The Morgan fingerprint density at radius 2 is 1.83 bits per heavy atom. The molecule has 0 saturated heterocycles. The molecule has 3 heterocycles. The number of methoxy groups -OCH3 is 1. The van der Waals surface area contributed by atoms with E-state index in [1.807, 2.05) is 19.1 Å². The Kier molecular flexibility index (Phi) is 4.43. The van der Waals surface area contributed by atoms with Crippen LogP contribution in [0.3, 0.4) is 0 Å². The zero-order valence-electron chi connectivity index (χ0n) is 17.5. The highest BCUT2D eigenvalue weighted by Gasteiger charge is 2.30. The summed E-state index contributed by atoms with van der Waals surface area (Å²) in [5.41, 5.74) is 3.99. The van der Waals surface area contributed by atoms with Crippen molar-refractivity contribution in [2.45, 2.75) is 52.2 Å². The fourth-order valence-corrected chi connectivity index (χ4v) is 4.42. The Labute approximate surface area is 175 Å². The van der Waals surface area contributed by atoms with E-state index in [4.69, 9.17) is 14.2 Å². The fraction of sp³-hybridized carbons (Fsp3) is 0.391. The minimum atomic E-state index is -0.643. The first-order valence-electron chi connectivity index (χ1n) is 10.2. The molecule has 0 fully saturated rings. The molecule has 156 valence electrons. The lowest BCUT2D eigenvalue weighted by molar-refractivity contribution is 0.0678. The third-order valence-corrected chi connectivity index (χ3v) is 5.93. The molecule has 3 atom stereocenters. The molecule has 2 aromatic carbocycles. The van der Waals surface area contributed by atoms with Crippen molar-refractivity contribution in [3.63, 3.8) is 0 Å². The molecular weight excluding hydrogens is 382 g/mol. The van der Waals surface area contributed by atoms with Crippen molar-refractivity contribution in [3.05, 3.63) is 47.3 Å². The van der Waals surface area contributed by atoms with Crippen molar-refractivity contribution in [2.24, 2.45) is 0 Å². The van der Waals surface area contributed by atoms with Crippen LogP contribution in [0.5, 0.6) is 17.2 Å². The Hall–Kier alpha value is -3.06. The van der Waals surface area contributed by atoms with Gasteiger partial charge in [0.2, 0.25) is 6.29 Å². The molecule has 7 heteroatoms. The number of aromatic nitrogens is 2. The Balaban J connectivity index is 1.58. The molecular formula is C23H25N3O4. The summed E-state index contributed by atoms with van der Waals surface area (Å²) in [6.07, 6.45) is 1.57. The van der Waals surface area contributed by atoms with Gasteiger partial charge in [-0.2, -0.15) is 0 Å². The predicted molar refractivity (Wildman–Crippen MR) is 113 cm³/mol. The minimum absolute atomic E-state index is 0.246. The maximum Gasteiger partial charge on any atom is 0.238 e. The molecule has 0 saturated carbocycles. The Morgan fingerprint density at radius 1 is 1.10 bits per heavy atom. The molecule has 2 aliphatic heterocycles. The number of hydrogen-bond acceptors (Lipinski definition) is 7. The maximum absolute atomic E-state index is 10.1. The van der Waals surface area contributed by atoms with Crippen LogP contribution in [0, 0.1) is 0 Å². The molecule has 7 nitrogen and oxygen atoms in total. The highest BCUT2D eigenvalue weighted by molar-refractivity contribution is 5.91. The second kappa shape index (κ2) is 7.02. The highest BCUT2D eigenvalue weighted by atomic mass is 16.7. The fourth-order valence-electron chi connectivity index (χ4n) is 4.42. The quantitative estimate of drug-likeness (QED) is 0.708. The summed E-state index contributed by atoms with van der Waals surface area (Å²) in [5, 5.41) is 11.0. The number of ether oxygens (including phenoxy) is 3. The van der Waals surface area contributed by atoms with E-state index in [0.29, 0.717) is 17.9 Å². The van der Waals surface area contributed by atoms with E-state index in [1.165, 1.54) is 11.1 Å². The lowest BCUT2D eigenvalue weighted by atomic mass is 9.93. The van der Waals surface area contributed by atoms with Crippen LogP contribution >= 0.6 is 0 Å². The summed E-state index contributed by atoms with van der Waals surface area (Å²) < 4.78 is 17.0. The monoisotopic (exact) mass is 407 g/mol. The van der Waals surface area contributed by atoms with Gasteiger partial charge in [-0.15, -0.1) is 0 Å². The third-order valence-electron chi connectivity index (χ3n) is 5.93. The van der Waals surface area contributed by atoms with Crippen molar-refractivity contribution in [1.29, 1.82) is 0 Å².